The first kappa shape index (κ1) is 8.25. The number of hydrogen-bond acceptors (Lipinski definition) is 3. The minimum absolute atomic E-state index is 0.396. The molecule has 0 aromatic carbocycles. The monoisotopic (exact) mass is 238 g/mol. The second-order valence-electron chi connectivity index (χ2n) is 2.52. The summed E-state index contributed by atoms with van der Waals surface area (Å²) in [5, 5.41) is 0. The van der Waals surface area contributed by atoms with Gasteiger partial charge in [-0.05, 0) is 28.1 Å². The van der Waals surface area contributed by atoms with Gasteiger partial charge in [0.1, 0.15) is 5.69 Å². The highest BCUT2D eigenvalue weighted by molar-refractivity contribution is 9.10. The van der Waals surface area contributed by atoms with Gasteiger partial charge in [-0.25, -0.2) is 4.98 Å². The topological polar surface area (TPSA) is 67.6 Å². The Kier molecular flexibility index (Phi) is 2.02. The smallest absolute Gasteiger partial charge is 0.197 e. The van der Waals surface area contributed by atoms with E-state index in [0.29, 0.717) is 5.95 Å². The molecule has 0 saturated carbocycles. The van der Waals surface area contributed by atoms with E-state index >= 15 is 0 Å². The number of anilines is 1. The number of nitrogens with zero attached hydrogens (tertiary/aromatic N) is 2. The van der Waals surface area contributed by atoms with Crippen LogP contribution >= 0.6 is 15.9 Å². The minimum Gasteiger partial charge on any atom is -0.369 e. The van der Waals surface area contributed by atoms with E-state index in [0.717, 1.165) is 15.9 Å². The summed E-state index contributed by atoms with van der Waals surface area (Å²) in [4.78, 5) is 11.0. The van der Waals surface area contributed by atoms with Crippen LogP contribution in [0.1, 0.15) is 0 Å². The molecule has 2 aromatic heterocycles. The average molecular weight is 239 g/mol. The Morgan fingerprint density at radius 2 is 2.23 bits per heavy atom. The molecule has 2 aromatic rings. The molecule has 0 atom stereocenters. The quantitative estimate of drug-likeness (QED) is 0.797. The predicted molar refractivity (Wildman–Crippen MR) is 53.9 cm³/mol. The van der Waals surface area contributed by atoms with Crippen LogP contribution in [0.5, 0.6) is 0 Å². The summed E-state index contributed by atoms with van der Waals surface area (Å²) in [5.74, 6) is 0.396. The van der Waals surface area contributed by atoms with E-state index in [4.69, 9.17) is 5.73 Å². The van der Waals surface area contributed by atoms with Crippen molar-refractivity contribution in [1.82, 2.24) is 15.0 Å². The normalized spacial score (nSPS) is 10.2. The molecule has 0 amide bonds. The van der Waals surface area contributed by atoms with Gasteiger partial charge in [-0.1, -0.05) is 0 Å². The zero-order valence-electron chi connectivity index (χ0n) is 6.66. The third-order valence-corrected chi connectivity index (χ3v) is 2.25. The number of aromatic amines is 1. The van der Waals surface area contributed by atoms with Crippen molar-refractivity contribution < 1.29 is 0 Å². The number of imidazole rings is 1. The Hall–Kier alpha value is -1.36. The molecule has 2 heterocycles. The first-order chi connectivity index (χ1) is 6.27. The fourth-order valence-corrected chi connectivity index (χ4v) is 1.51. The Bertz CT molecular complexity index is 424. The van der Waals surface area contributed by atoms with Crippen LogP contribution < -0.4 is 5.73 Å². The second-order valence-corrected chi connectivity index (χ2v) is 3.37. The van der Waals surface area contributed by atoms with Crippen molar-refractivity contribution in [3.05, 3.63) is 29.0 Å². The minimum atomic E-state index is 0.396. The number of hydrogen-bond donors (Lipinski definition) is 2. The van der Waals surface area contributed by atoms with Crippen molar-refractivity contribution in [3.8, 4) is 11.4 Å². The Morgan fingerprint density at radius 1 is 1.38 bits per heavy atom. The van der Waals surface area contributed by atoms with Crippen LogP contribution in [0.3, 0.4) is 0 Å². The van der Waals surface area contributed by atoms with Gasteiger partial charge in [0.15, 0.2) is 5.95 Å². The highest BCUT2D eigenvalue weighted by Crippen LogP contribution is 2.23. The van der Waals surface area contributed by atoms with Gasteiger partial charge in [0.2, 0.25) is 0 Å². The molecule has 0 radical (unpaired) electrons. The molecular weight excluding hydrogens is 232 g/mol. The van der Waals surface area contributed by atoms with E-state index in [9.17, 15) is 0 Å². The highest BCUT2D eigenvalue weighted by Gasteiger charge is 2.05. The summed E-state index contributed by atoms with van der Waals surface area (Å²) in [6.45, 7) is 0. The van der Waals surface area contributed by atoms with Crippen molar-refractivity contribution in [2.75, 3.05) is 5.73 Å². The SMILES string of the molecule is Nc1ncc(-c2ncccc2Br)[nH]1. The predicted octanol–water partition coefficient (Wildman–Crippen LogP) is 1.82. The van der Waals surface area contributed by atoms with E-state index < -0.39 is 0 Å². The Morgan fingerprint density at radius 3 is 2.85 bits per heavy atom. The zero-order chi connectivity index (χ0) is 9.26. The maximum Gasteiger partial charge on any atom is 0.197 e. The van der Waals surface area contributed by atoms with Crippen molar-refractivity contribution in [1.29, 1.82) is 0 Å². The van der Waals surface area contributed by atoms with Crippen molar-refractivity contribution in [2.45, 2.75) is 0 Å². The van der Waals surface area contributed by atoms with E-state index in [-0.39, 0.29) is 0 Å². The number of nitrogens with one attached hydrogen (secondary N) is 1. The van der Waals surface area contributed by atoms with Crippen LogP contribution in [0, 0.1) is 0 Å². The first-order valence-corrected chi connectivity index (χ1v) is 4.48. The number of nitrogen functional groups attached to an aromatic ring is 1. The lowest BCUT2D eigenvalue weighted by molar-refractivity contribution is 1.26. The van der Waals surface area contributed by atoms with Gasteiger partial charge in [-0.15, -0.1) is 0 Å². The molecule has 0 aliphatic heterocycles. The molecule has 0 aliphatic rings. The maximum absolute atomic E-state index is 5.46. The van der Waals surface area contributed by atoms with E-state index in [1.807, 2.05) is 12.1 Å². The molecule has 66 valence electrons. The van der Waals surface area contributed by atoms with Crippen LogP contribution in [-0.4, -0.2) is 15.0 Å². The Balaban J connectivity index is 2.52. The first-order valence-electron chi connectivity index (χ1n) is 3.69. The molecule has 0 fully saturated rings. The number of rotatable bonds is 1. The van der Waals surface area contributed by atoms with Crippen molar-refractivity contribution >= 4 is 21.9 Å². The molecular formula is C8H7BrN4. The molecule has 4 nitrogen and oxygen atoms in total. The highest BCUT2D eigenvalue weighted by atomic mass is 79.9. The van der Waals surface area contributed by atoms with Gasteiger partial charge in [-0.2, -0.15) is 0 Å². The van der Waals surface area contributed by atoms with Crippen LogP contribution in [-0.2, 0) is 0 Å². The van der Waals surface area contributed by atoms with Gasteiger partial charge in [-0.3, -0.25) is 4.98 Å². The van der Waals surface area contributed by atoms with Crippen LogP contribution in [0.25, 0.3) is 11.4 Å². The van der Waals surface area contributed by atoms with Crippen molar-refractivity contribution in [2.24, 2.45) is 0 Å². The number of pyridine rings is 1. The van der Waals surface area contributed by atoms with Gasteiger partial charge < -0.3 is 10.7 Å². The molecule has 5 heteroatoms. The van der Waals surface area contributed by atoms with Crippen LogP contribution in [0.4, 0.5) is 5.95 Å². The molecule has 0 bridgehead atoms. The summed E-state index contributed by atoms with van der Waals surface area (Å²) < 4.78 is 0.915. The number of nitrogens with two attached hydrogens (primary N) is 1. The van der Waals surface area contributed by atoms with Gasteiger partial charge in [0.25, 0.3) is 0 Å². The maximum atomic E-state index is 5.46. The summed E-state index contributed by atoms with van der Waals surface area (Å²) in [6.07, 6.45) is 3.37. The molecule has 0 saturated heterocycles. The van der Waals surface area contributed by atoms with Crippen LogP contribution in [0.2, 0.25) is 0 Å². The molecule has 0 unspecified atom stereocenters. The van der Waals surface area contributed by atoms with Crippen LogP contribution in [0.15, 0.2) is 29.0 Å². The lowest BCUT2D eigenvalue weighted by Gasteiger charge is -1.97. The molecule has 13 heavy (non-hydrogen) atoms. The number of H-pyrrole nitrogens is 1. The van der Waals surface area contributed by atoms with Crippen molar-refractivity contribution in [3.63, 3.8) is 0 Å². The fourth-order valence-electron chi connectivity index (χ4n) is 1.04. The molecule has 2 rings (SSSR count). The molecule has 3 N–H and O–H groups in total. The number of aromatic nitrogens is 3. The third-order valence-electron chi connectivity index (χ3n) is 1.61. The zero-order valence-corrected chi connectivity index (χ0v) is 8.25. The van der Waals surface area contributed by atoms with E-state index in [1.165, 1.54) is 0 Å². The second kappa shape index (κ2) is 3.18. The summed E-state index contributed by atoms with van der Waals surface area (Å²) in [5.41, 5.74) is 7.08. The average Bonchev–Trinajstić information content (AvgIpc) is 2.53. The fraction of sp³-hybridized carbons (Fsp3) is 0. The van der Waals surface area contributed by atoms with Gasteiger partial charge in [0.05, 0.1) is 11.9 Å². The van der Waals surface area contributed by atoms with Gasteiger partial charge in [0, 0.05) is 10.7 Å². The lowest BCUT2D eigenvalue weighted by atomic mass is 10.3. The summed E-state index contributed by atoms with van der Waals surface area (Å²) in [7, 11) is 0. The van der Waals surface area contributed by atoms with E-state index in [2.05, 4.69) is 30.9 Å². The lowest BCUT2D eigenvalue weighted by Crippen LogP contribution is -1.87. The standard InChI is InChI=1S/C8H7BrN4/c9-5-2-1-3-11-7(5)6-4-12-8(10)13-6/h1-4H,(H3,10,12,13). The van der Waals surface area contributed by atoms with Gasteiger partial charge >= 0.3 is 0 Å². The Labute approximate surface area is 83.3 Å². The largest absolute Gasteiger partial charge is 0.369 e. The number of halogens is 1. The summed E-state index contributed by atoms with van der Waals surface area (Å²) >= 11 is 3.39. The molecule has 0 spiro atoms. The third kappa shape index (κ3) is 1.55. The summed E-state index contributed by atoms with van der Waals surface area (Å²) in [6, 6.07) is 3.77. The van der Waals surface area contributed by atoms with E-state index in [1.54, 1.807) is 12.4 Å². The molecule has 0 aliphatic carbocycles.